The molecule has 92 valence electrons. The summed E-state index contributed by atoms with van der Waals surface area (Å²) in [6, 6.07) is 9.58. The summed E-state index contributed by atoms with van der Waals surface area (Å²) in [5, 5.41) is 3.11. The molecule has 3 heteroatoms. The molecule has 3 nitrogen and oxygen atoms in total. The zero-order valence-corrected chi connectivity index (χ0v) is 10.2. The van der Waals surface area contributed by atoms with Crippen LogP contribution in [0.25, 0.3) is 0 Å². The Hall–Kier alpha value is -1.61. The lowest BCUT2D eigenvalue weighted by atomic mass is 10.1. The monoisotopic (exact) mass is 233 g/mol. The molecule has 0 saturated carbocycles. The minimum atomic E-state index is -0.310. The number of nitrogens with one attached hydrogen (secondary N) is 1. The second-order valence-electron chi connectivity index (χ2n) is 3.69. The maximum absolute atomic E-state index is 11.7. The first-order chi connectivity index (χ1) is 8.27. The van der Waals surface area contributed by atoms with Gasteiger partial charge in [-0.25, -0.2) is 0 Å². The van der Waals surface area contributed by atoms with E-state index in [-0.39, 0.29) is 12.0 Å². The molecule has 0 heterocycles. The van der Waals surface area contributed by atoms with Crippen LogP contribution in [0, 0.1) is 0 Å². The van der Waals surface area contributed by atoms with Crippen LogP contribution in [0.1, 0.15) is 12.5 Å². The fourth-order valence-corrected chi connectivity index (χ4v) is 1.56. The van der Waals surface area contributed by atoms with E-state index < -0.39 is 0 Å². The van der Waals surface area contributed by atoms with Crippen LogP contribution in [-0.2, 0) is 16.0 Å². The third-order valence-electron chi connectivity index (χ3n) is 2.36. The molecule has 0 amide bonds. The third-order valence-corrected chi connectivity index (χ3v) is 2.36. The van der Waals surface area contributed by atoms with Crippen molar-refractivity contribution in [2.24, 2.45) is 0 Å². The molecule has 17 heavy (non-hydrogen) atoms. The number of carbonyl (C=O) groups excluding carboxylic acids is 1. The summed E-state index contributed by atoms with van der Waals surface area (Å²) in [5.41, 5.74) is 1.11. The van der Waals surface area contributed by atoms with Gasteiger partial charge >= 0.3 is 5.97 Å². The van der Waals surface area contributed by atoms with Crippen LogP contribution in [-0.4, -0.2) is 25.2 Å². The molecule has 0 saturated heterocycles. The van der Waals surface area contributed by atoms with Crippen LogP contribution in [0.3, 0.4) is 0 Å². The van der Waals surface area contributed by atoms with Crippen LogP contribution in [0.2, 0.25) is 0 Å². The summed E-state index contributed by atoms with van der Waals surface area (Å²) in [5.74, 6) is -0.210. The summed E-state index contributed by atoms with van der Waals surface area (Å²) in [4.78, 5) is 11.7. The molecule has 0 unspecified atom stereocenters. The maximum Gasteiger partial charge on any atom is 0.323 e. The standard InChI is InChI=1S/C14H19NO2/c1-3-10-15-13(14(16)17-4-2)11-12-8-6-5-7-9-12/h3,5-9,13,15H,1,4,10-11H2,2H3/t13-/m1/s1. The summed E-state index contributed by atoms with van der Waals surface area (Å²) in [6.45, 7) is 6.44. The number of hydrogen-bond donors (Lipinski definition) is 1. The Balaban J connectivity index is 2.62. The number of esters is 1. The summed E-state index contributed by atoms with van der Waals surface area (Å²) < 4.78 is 5.04. The number of hydrogen-bond acceptors (Lipinski definition) is 3. The molecule has 1 aromatic rings. The molecule has 0 aliphatic rings. The zero-order chi connectivity index (χ0) is 12.5. The second kappa shape index (κ2) is 7.63. The van der Waals surface area contributed by atoms with Crippen LogP contribution in [0.4, 0.5) is 0 Å². The van der Waals surface area contributed by atoms with Crippen molar-refractivity contribution in [3.63, 3.8) is 0 Å². The molecule has 0 aromatic heterocycles. The SMILES string of the molecule is C=CCN[C@H](Cc1ccccc1)C(=O)OCC. The molecule has 0 spiro atoms. The van der Waals surface area contributed by atoms with Crippen molar-refractivity contribution in [3.05, 3.63) is 48.6 Å². The van der Waals surface area contributed by atoms with Gasteiger partial charge in [0.2, 0.25) is 0 Å². The van der Waals surface area contributed by atoms with Crippen LogP contribution in [0.5, 0.6) is 0 Å². The molecule has 0 aliphatic heterocycles. The molecular formula is C14H19NO2. The average molecular weight is 233 g/mol. The fourth-order valence-electron chi connectivity index (χ4n) is 1.56. The van der Waals surface area contributed by atoms with Crippen molar-refractivity contribution in [1.29, 1.82) is 0 Å². The lowest BCUT2D eigenvalue weighted by molar-refractivity contribution is -0.145. The zero-order valence-electron chi connectivity index (χ0n) is 10.2. The van der Waals surface area contributed by atoms with E-state index >= 15 is 0 Å². The average Bonchev–Trinajstić information content (AvgIpc) is 2.36. The Morgan fingerprint density at radius 2 is 2.18 bits per heavy atom. The minimum absolute atomic E-state index is 0.210. The summed E-state index contributed by atoms with van der Waals surface area (Å²) in [7, 11) is 0. The van der Waals surface area contributed by atoms with Crippen molar-refractivity contribution in [3.8, 4) is 0 Å². The molecule has 0 fully saturated rings. The van der Waals surface area contributed by atoms with E-state index in [4.69, 9.17) is 4.74 Å². The van der Waals surface area contributed by atoms with Gasteiger partial charge in [-0.05, 0) is 18.9 Å². The Bertz CT molecular complexity index is 348. The molecule has 1 N–H and O–H groups in total. The Morgan fingerprint density at radius 3 is 2.76 bits per heavy atom. The van der Waals surface area contributed by atoms with E-state index in [2.05, 4.69) is 11.9 Å². The van der Waals surface area contributed by atoms with Gasteiger partial charge in [0.05, 0.1) is 6.61 Å². The molecule has 0 radical (unpaired) electrons. The van der Waals surface area contributed by atoms with Gasteiger partial charge in [0.15, 0.2) is 0 Å². The molecular weight excluding hydrogens is 214 g/mol. The summed E-state index contributed by atoms with van der Waals surface area (Å²) in [6.07, 6.45) is 2.37. The predicted molar refractivity (Wildman–Crippen MR) is 68.8 cm³/mol. The largest absolute Gasteiger partial charge is 0.465 e. The molecule has 1 atom stereocenters. The molecule has 0 aliphatic carbocycles. The lowest BCUT2D eigenvalue weighted by Gasteiger charge is -2.16. The van der Waals surface area contributed by atoms with Crippen molar-refractivity contribution in [2.45, 2.75) is 19.4 Å². The van der Waals surface area contributed by atoms with Gasteiger partial charge in [-0.3, -0.25) is 4.79 Å². The number of carbonyl (C=O) groups is 1. The third kappa shape index (κ3) is 4.83. The van der Waals surface area contributed by atoms with Gasteiger partial charge in [-0.15, -0.1) is 6.58 Å². The van der Waals surface area contributed by atoms with E-state index in [0.29, 0.717) is 19.6 Å². The van der Waals surface area contributed by atoms with Gasteiger partial charge in [0, 0.05) is 6.54 Å². The Labute approximate surface area is 102 Å². The van der Waals surface area contributed by atoms with Gasteiger partial charge < -0.3 is 10.1 Å². The smallest absolute Gasteiger partial charge is 0.323 e. The van der Waals surface area contributed by atoms with E-state index in [0.717, 1.165) is 5.56 Å². The molecule has 1 rings (SSSR count). The first-order valence-electron chi connectivity index (χ1n) is 5.82. The predicted octanol–water partition coefficient (Wildman–Crippen LogP) is 1.94. The van der Waals surface area contributed by atoms with Gasteiger partial charge in [-0.1, -0.05) is 36.4 Å². The van der Waals surface area contributed by atoms with E-state index in [1.54, 1.807) is 6.08 Å². The lowest BCUT2D eigenvalue weighted by Crippen LogP contribution is -2.39. The number of ether oxygens (including phenoxy) is 1. The highest BCUT2D eigenvalue weighted by Crippen LogP contribution is 2.04. The first kappa shape index (κ1) is 13.5. The van der Waals surface area contributed by atoms with Crippen molar-refractivity contribution >= 4 is 5.97 Å². The van der Waals surface area contributed by atoms with Crippen LogP contribution >= 0.6 is 0 Å². The van der Waals surface area contributed by atoms with Crippen molar-refractivity contribution in [2.75, 3.05) is 13.2 Å². The Morgan fingerprint density at radius 1 is 1.47 bits per heavy atom. The molecule has 0 bridgehead atoms. The van der Waals surface area contributed by atoms with E-state index in [1.165, 1.54) is 0 Å². The maximum atomic E-state index is 11.7. The Kier molecular flexibility index (Phi) is 6.04. The van der Waals surface area contributed by atoms with E-state index in [1.807, 2.05) is 37.3 Å². The fraction of sp³-hybridized carbons (Fsp3) is 0.357. The number of rotatable bonds is 7. The molecule has 1 aromatic carbocycles. The van der Waals surface area contributed by atoms with Crippen LogP contribution in [0.15, 0.2) is 43.0 Å². The van der Waals surface area contributed by atoms with Gasteiger partial charge in [0.25, 0.3) is 0 Å². The highest BCUT2D eigenvalue weighted by Gasteiger charge is 2.18. The number of benzene rings is 1. The van der Waals surface area contributed by atoms with E-state index in [9.17, 15) is 4.79 Å². The minimum Gasteiger partial charge on any atom is -0.465 e. The second-order valence-corrected chi connectivity index (χ2v) is 3.69. The summed E-state index contributed by atoms with van der Waals surface area (Å²) >= 11 is 0. The highest BCUT2D eigenvalue weighted by molar-refractivity contribution is 5.76. The highest BCUT2D eigenvalue weighted by atomic mass is 16.5. The quantitative estimate of drug-likeness (QED) is 0.578. The van der Waals surface area contributed by atoms with Crippen molar-refractivity contribution < 1.29 is 9.53 Å². The topological polar surface area (TPSA) is 38.3 Å². The van der Waals surface area contributed by atoms with Gasteiger partial charge in [-0.2, -0.15) is 0 Å². The normalized spacial score (nSPS) is 11.8. The van der Waals surface area contributed by atoms with Crippen molar-refractivity contribution in [1.82, 2.24) is 5.32 Å². The van der Waals surface area contributed by atoms with Crippen LogP contribution < -0.4 is 5.32 Å². The van der Waals surface area contributed by atoms with Gasteiger partial charge in [0.1, 0.15) is 6.04 Å². The first-order valence-corrected chi connectivity index (χ1v) is 5.82.